The molecular formula is C25H18N2S. The number of hydrogen-bond donors (Lipinski definition) is 0. The maximum atomic E-state index is 4.92. The second kappa shape index (κ2) is 7.37. The third-order valence-electron chi connectivity index (χ3n) is 4.71. The van der Waals surface area contributed by atoms with Gasteiger partial charge in [0.2, 0.25) is 0 Å². The molecule has 2 heterocycles. The Hall–Kier alpha value is -3.30. The zero-order valence-corrected chi connectivity index (χ0v) is 16.0. The Balaban J connectivity index is 1.59. The van der Waals surface area contributed by atoms with Crippen LogP contribution in [0.3, 0.4) is 0 Å². The van der Waals surface area contributed by atoms with Gasteiger partial charge in [-0.2, -0.15) is 0 Å². The van der Waals surface area contributed by atoms with Crippen molar-refractivity contribution in [2.45, 2.75) is 9.92 Å². The van der Waals surface area contributed by atoms with Gasteiger partial charge in [0.1, 0.15) is 16.4 Å². The second-order valence-corrected chi connectivity index (χ2v) is 7.62. The van der Waals surface area contributed by atoms with E-state index in [9.17, 15) is 0 Å². The summed E-state index contributed by atoms with van der Waals surface area (Å²) >= 11 is 1.75. The van der Waals surface area contributed by atoms with Crippen molar-refractivity contribution in [3.8, 4) is 22.4 Å². The van der Waals surface area contributed by atoms with E-state index in [2.05, 4.69) is 89.5 Å². The van der Waals surface area contributed by atoms with Crippen molar-refractivity contribution in [2.75, 3.05) is 0 Å². The summed E-state index contributed by atoms with van der Waals surface area (Å²) in [7, 11) is 0. The first-order valence-corrected chi connectivity index (χ1v) is 10.1. The Labute approximate surface area is 168 Å². The molecule has 0 saturated carbocycles. The lowest BCUT2D eigenvalue weighted by Gasteiger charge is -2.07. The van der Waals surface area contributed by atoms with E-state index in [0.717, 1.165) is 21.9 Å². The van der Waals surface area contributed by atoms with E-state index in [1.54, 1.807) is 11.8 Å². The molecule has 0 atom stereocenters. The van der Waals surface area contributed by atoms with Crippen molar-refractivity contribution in [1.29, 1.82) is 0 Å². The fourth-order valence-electron chi connectivity index (χ4n) is 3.31. The maximum Gasteiger partial charge on any atom is 0.138 e. The summed E-state index contributed by atoms with van der Waals surface area (Å²) < 4.78 is 2.16. The van der Waals surface area contributed by atoms with Crippen LogP contribution in [-0.2, 0) is 0 Å². The van der Waals surface area contributed by atoms with Crippen LogP contribution in [0.15, 0.2) is 119 Å². The van der Waals surface area contributed by atoms with Gasteiger partial charge in [0.25, 0.3) is 0 Å². The highest BCUT2D eigenvalue weighted by atomic mass is 32.2. The van der Waals surface area contributed by atoms with E-state index in [-0.39, 0.29) is 0 Å². The molecule has 0 spiro atoms. The smallest absolute Gasteiger partial charge is 0.138 e. The van der Waals surface area contributed by atoms with E-state index in [1.165, 1.54) is 16.0 Å². The molecule has 0 aliphatic heterocycles. The molecule has 0 aliphatic rings. The molecule has 3 aromatic carbocycles. The van der Waals surface area contributed by atoms with Crippen LogP contribution in [0.5, 0.6) is 0 Å². The molecular weight excluding hydrogens is 360 g/mol. The summed E-state index contributed by atoms with van der Waals surface area (Å²) in [5.74, 6) is 0. The topological polar surface area (TPSA) is 17.3 Å². The van der Waals surface area contributed by atoms with E-state index in [1.807, 2.05) is 24.3 Å². The molecule has 0 N–H and O–H groups in total. The minimum Gasteiger partial charge on any atom is -0.294 e. The van der Waals surface area contributed by atoms with Gasteiger partial charge >= 0.3 is 0 Å². The fourth-order valence-corrected chi connectivity index (χ4v) is 4.34. The van der Waals surface area contributed by atoms with Crippen molar-refractivity contribution in [2.24, 2.45) is 0 Å². The normalized spacial score (nSPS) is 11.0. The molecule has 2 nitrogen and oxygen atoms in total. The van der Waals surface area contributed by atoms with Crippen LogP contribution in [0, 0.1) is 0 Å². The SMILES string of the molecule is c1ccc(Sc2c(-c3ccc(-c4ccccc4)cc3)nc3ccccn23)cc1. The van der Waals surface area contributed by atoms with E-state index < -0.39 is 0 Å². The first-order chi connectivity index (χ1) is 13.9. The Morgan fingerprint density at radius 2 is 1.18 bits per heavy atom. The molecule has 28 heavy (non-hydrogen) atoms. The molecule has 0 saturated heterocycles. The van der Waals surface area contributed by atoms with Gasteiger partial charge in [0.05, 0.1) is 0 Å². The number of rotatable bonds is 4. The third-order valence-corrected chi connectivity index (χ3v) is 5.80. The Kier molecular flexibility index (Phi) is 4.43. The Bertz CT molecular complexity index is 1210. The van der Waals surface area contributed by atoms with Crippen LogP contribution in [0.4, 0.5) is 0 Å². The maximum absolute atomic E-state index is 4.92. The molecule has 134 valence electrons. The predicted molar refractivity (Wildman–Crippen MR) is 117 cm³/mol. The van der Waals surface area contributed by atoms with Crippen LogP contribution in [0.1, 0.15) is 0 Å². The van der Waals surface area contributed by atoms with Gasteiger partial charge in [-0.3, -0.25) is 4.40 Å². The monoisotopic (exact) mass is 378 g/mol. The first-order valence-electron chi connectivity index (χ1n) is 9.24. The third kappa shape index (κ3) is 3.21. The van der Waals surface area contributed by atoms with Crippen molar-refractivity contribution in [3.05, 3.63) is 109 Å². The summed E-state index contributed by atoms with van der Waals surface area (Å²) in [6.45, 7) is 0. The number of hydrogen-bond acceptors (Lipinski definition) is 2. The van der Waals surface area contributed by atoms with Gasteiger partial charge in [0.15, 0.2) is 0 Å². The minimum atomic E-state index is 0.961. The zero-order chi connectivity index (χ0) is 18.8. The van der Waals surface area contributed by atoms with Crippen LogP contribution < -0.4 is 0 Å². The summed E-state index contributed by atoms with van der Waals surface area (Å²) in [5.41, 5.74) is 5.54. The van der Waals surface area contributed by atoms with E-state index in [4.69, 9.17) is 4.98 Å². The quantitative estimate of drug-likeness (QED) is 0.341. The number of imidazole rings is 1. The molecule has 3 heteroatoms. The largest absolute Gasteiger partial charge is 0.294 e. The van der Waals surface area contributed by atoms with Crippen LogP contribution in [0.25, 0.3) is 28.0 Å². The number of benzene rings is 3. The number of fused-ring (bicyclic) bond motifs is 1. The molecule has 0 bridgehead atoms. The van der Waals surface area contributed by atoms with E-state index in [0.29, 0.717) is 0 Å². The summed E-state index contributed by atoms with van der Waals surface area (Å²) in [5, 5.41) is 1.13. The highest BCUT2D eigenvalue weighted by Gasteiger charge is 2.15. The summed E-state index contributed by atoms with van der Waals surface area (Å²) in [6.07, 6.45) is 2.08. The molecule has 2 aromatic heterocycles. The molecule has 0 radical (unpaired) electrons. The first kappa shape index (κ1) is 16.8. The Morgan fingerprint density at radius 1 is 0.571 bits per heavy atom. The lowest BCUT2D eigenvalue weighted by atomic mass is 10.0. The minimum absolute atomic E-state index is 0.961. The second-order valence-electron chi connectivity index (χ2n) is 6.55. The average molecular weight is 379 g/mol. The van der Waals surface area contributed by atoms with Crippen molar-refractivity contribution >= 4 is 17.4 Å². The fraction of sp³-hybridized carbons (Fsp3) is 0. The Morgan fingerprint density at radius 3 is 1.93 bits per heavy atom. The van der Waals surface area contributed by atoms with Gasteiger partial charge in [-0.05, 0) is 35.4 Å². The van der Waals surface area contributed by atoms with Gasteiger partial charge in [-0.15, -0.1) is 0 Å². The van der Waals surface area contributed by atoms with Crippen LogP contribution >= 0.6 is 11.8 Å². The van der Waals surface area contributed by atoms with Gasteiger partial charge < -0.3 is 0 Å². The molecule has 0 unspecified atom stereocenters. The molecule has 5 aromatic rings. The van der Waals surface area contributed by atoms with Crippen molar-refractivity contribution in [3.63, 3.8) is 0 Å². The number of pyridine rings is 1. The molecule has 5 rings (SSSR count). The number of nitrogens with zero attached hydrogens (tertiary/aromatic N) is 2. The van der Waals surface area contributed by atoms with Crippen molar-refractivity contribution in [1.82, 2.24) is 9.38 Å². The average Bonchev–Trinajstić information content (AvgIpc) is 3.14. The van der Waals surface area contributed by atoms with Gasteiger partial charge in [-0.1, -0.05) is 90.6 Å². The lowest BCUT2D eigenvalue weighted by Crippen LogP contribution is -1.87. The number of aromatic nitrogens is 2. The van der Waals surface area contributed by atoms with Gasteiger partial charge in [-0.25, -0.2) is 4.98 Å². The van der Waals surface area contributed by atoms with Crippen LogP contribution in [-0.4, -0.2) is 9.38 Å². The van der Waals surface area contributed by atoms with Gasteiger partial charge in [0, 0.05) is 16.7 Å². The molecule has 0 amide bonds. The summed E-state index contributed by atoms with van der Waals surface area (Å²) in [6, 6.07) is 35.7. The lowest BCUT2D eigenvalue weighted by molar-refractivity contribution is 1.05. The molecule has 0 aliphatic carbocycles. The standard InChI is InChI=1S/C25H18N2S/c1-3-9-19(10-4-1)20-14-16-21(17-15-20)24-25(28-22-11-5-2-6-12-22)27-18-8-7-13-23(27)26-24/h1-18H. The highest BCUT2D eigenvalue weighted by Crippen LogP contribution is 2.37. The zero-order valence-electron chi connectivity index (χ0n) is 15.2. The predicted octanol–water partition coefficient (Wildman–Crippen LogP) is 6.82. The molecule has 0 fully saturated rings. The van der Waals surface area contributed by atoms with Crippen LogP contribution in [0.2, 0.25) is 0 Å². The summed E-state index contributed by atoms with van der Waals surface area (Å²) in [4.78, 5) is 6.13. The van der Waals surface area contributed by atoms with E-state index >= 15 is 0 Å². The van der Waals surface area contributed by atoms with Crippen molar-refractivity contribution < 1.29 is 0 Å². The highest BCUT2D eigenvalue weighted by molar-refractivity contribution is 7.99.